The van der Waals surface area contributed by atoms with Gasteiger partial charge in [0.1, 0.15) is 11.4 Å². The zero-order valence-electron chi connectivity index (χ0n) is 25.8. The van der Waals surface area contributed by atoms with Crippen LogP contribution < -0.4 is 4.74 Å². The number of aryl methyl sites for hydroxylation is 2. The van der Waals surface area contributed by atoms with E-state index in [1.165, 1.54) is 0 Å². The number of aromatic carboxylic acids is 1. The second-order valence-corrected chi connectivity index (χ2v) is 11.7. The molecule has 0 saturated heterocycles. The van der Waals surface area contributed by atoms with Gasteiger partial charge in [-0.25, -0.2) is 4.79 Å². The van der Waals surface area contributed by atoms with Crippen LogP contribution in [-0.4, -0.2) is 22.2 Å². The van der Waals surface area contributed by atoms with Gasteiger partial charge in [0, 0.05) is 22.9 Å². The molecule has 4 nitrogen and oxygen atoms in total. The van der Waals surface area contributed by atoms with Crippen molar-refractivity contribution in [2.24, 2.45) is 0 Å². The van der Waals surface area contributed by atoms with Crippen molar-refractivity contribution in [2.45, 2.75) is 26.3 Å². The Labute approximate surface area is 269 Å². The highest BCUT2D eigenvalue weighted by Crippen LogP contribution is 2.38. The van der Waals surface area contributed by atoms with Crippen LogP contribution in [-0.2, 0) is 13.0 Å². The summed E-state index contributed by atoms with van der Waals surface area (Å²) in [6.45, 7) is 3.02. The van der Waals surface area contributed by atoms with Crippen molar-refractivity contribution in [1.29, 1.82) is 0 Å². The lowest BCUT2D eigenvalue weighted by molar-refractivity contribution is 0.0685. The predicted octanol–water partition coefficient (Wildman–Crippen LogP) is 10.2. The van der Waals surface area contributed by atoms with Crippen molar-refractivity contribution >= 4 is 27.6 Å². The number of hydrogen-bond acceptors (Lipinski definition) is 2. The van der Waals surface area contributed by atoms with Crippen LogP contribution >= 0.6 is 0 Å². The third-order valence-corrected chi connectivity index (χ3v) is 8.83. The Morgan fingerprint density at radius 1 is 0.674 bits per heavy atom. The predicted molar refractivity (Wildman–Crippen MR) is 188 cm³/mol. The fourth-order valence-electron chi connectivity index (χ4n) is 6.71. The molecule has 0 atom stereocenters. The number of nitrogens with zero attached hydrogens (tertiary/aromatic N) is 1. The Hall–Kier alpha value is -5.61. The molecular weight excluding hydrogens is 566 g/mol. The zero-order valence-corrected chi connectivity index (χ0v) is 25.8. The summed E-state index contributed by atoms with van der Waals surface area (Å²) in [6, 6.07) is 47.4. The monoisotopic (exact) mass is 601 g/mol. The van der Waals surface area contributed by atoms with Crippen LogP contribution in [0, 0.1) is 6.92 Å². The number of para-hydroxylation sites is 1. The molecule has 7 rings (SSSR count). The number of hydrogen-bond donors (Lipinski definition) is 1. The largest absolute Gasteiger partial charge is 0.493 e. The molecule has 0 bridgehead atoms. The van der Waals surface area contributed by atoms with E-state index >= 15 is 0 Å². The molecule has 6 aromatic carbocycles. The first kappa shape index (κ1) is 29.1. The van der Waals surface area contributed by atoms with Crippen LogP contribution in [0.5, 0.6) is 5.75 Å². The number of fused-ring (bicyclic) bond motifs is 2. The molecule has 1 N–H and O–H groups in total. The topological polar surface area (TPSA) is 51.5 Å². The molecule has 226 valence electrons. The highest BCUT2D eigenvalue weighted by atomic mass is 16.5. The van der Waals surface area contributed by atoms with Gasteiger partial charge in [-0.2, -0.15) is 0 Å². The van der Waals surface area contributed by atoms with Gasteiger partial charge >= 0.3 is 5.97 Å². The summed E-state index contributed by atoms with van der Waals surface area (Å²) in [5.74, 6) is -0.0764. The smallest absolute Gasteiger partial charge is 0.352 e. The highest BCUT2D eigenvalue weighted by molar-refractivity contribution is 6.04. The average molecular weight is 602 g/mol. The number of benzene rings is 6. The summed E-state index contributed by atoms with van der Waals surface area (Å²) in [5, 5.41) is 14.0. The second kappa shape index (κ2) is 12.8. The molecule has 0 radical (unpaired) electrons. The van der Waals surface area contributed by atoms with Crippen LogP contribution in [0.4, 0.5) is 0 Å². The number of rotatable bonds is 10. The molecule has 0 unspecified atom stereocenters. The second-order valence-electron chi connectivity index (χ2n) is 11.7. The number of carboxylic acids is 1. The maximum absolute atomic E-state index is 13.2. The van der Waals surface area contributed by atoms with E-state index < -0.39 is 5.97 Å². The maximum atomic E-state index is 13.2. The average Bonchev–Trinajstić information content (AvgIpc) is 3.41. The molecule has 1 aromatic heterocycles. The Kier molecular flexibility index (Phi) is 8.09. The lowest BCUT2D eigenvalue weighted by atomic mass is 9.96. The minimum Gasteiger partial charge on any atom is -0.493 e. The van der Waals surface area contributed by atoms with Gasteiger partial charge in [0.2, 0.25) is 0 Å². The van der Waals surface area contributed by atoms with Gasteiger partial charge in [0.25, 0.3) is 0 Å². The maximum Gasteiger partial charge on any atom is 0.352 e. The van der Waals surface area contributed by atoms with Crippen molar-refractivity contribution < 1.29 is 14.6 Å². The van der Waals surface area contributed by atoms with Crippen LogP contribution in [0.1, 0.15) is 33.6 Å². The van der Waals surface area contributed by atoms with Crippen molar-refractivity contribution in [3.05, 3.63) is 162 Å². The number of ether oxygens (including phenoxy) is 1. The van der Waals surface area contributed by atoms with E-state index in [4.69, 9.17) is 4.74 Å². The van der Waals surface area contributed by atoms with E-state index in [1.54, 1.807) is 0 Å². The van der Waals surface area contributed by atoms with Gasteiger partial charge in [-0.05, 0) is 64.6 Å². The fourth-order valence-corrected chi connectivity index (χ4v) is 6.71. The lowest BCUT2D eigenvalue weighted by Gasteiger charge is -2.16. The van der Waals surface area contributed by atoms with Crippen LogP contribution in [0.3, 0.4) is 0 Å². The molecule has 0 amide bonds. The summed E-state index contributed by atoms with van der Waals surface area (Å²) >= 11 is 0. The Bertz CT molecular complexity index is 2170. The Balaban J connectivity index is 1.32. The van der Waals surface area contributed by atoms with Crippen molar-refractivity contribution in [3.63, 3.8) is 0 Å². The van der Waals surface area contributed by atoms with Crippen molar-refractivity contribution in [3.8, 4) is 28.0 Å². The fraction of sp³-hybridized carbons (Fsp3) is 0.119. The molecule has 4 heteroatoms. The number of carbonyl (C=O) groups is 1. The van der Waals surface area contributed by atoms with Gasteiger partial charge in [0.15, 0.2) is 0 Å². The van der Waals surface area contributed by atoms with Gasteiger partial charge < -0.3 is 14.4 Å². The molecule has 7 aromatic rings. The SMILES string of the molecule is Cc1ccccc1-c1cccc2c(CCCOc3cccc4ccccc34)c(C(=O)O)n(Cc3ccccc3-c3ccccc3)c12. The first-order chi connectivity index (χ1) is 22.6. The van der Waals surface area contributed by atoms with Crippen molar-refractivity contribution in [2.75, 3.05) is 6.61 Å². The third kappa shape index (κ3) is 5.54. The first-order valence-corrected chi connectivity index (χ1v) is 15.8. The van der Waals surface area contributed by atoms with E-state index in [1.807, 2.05) is 77.4 Å². The summed E-state index contributed by atoms with van der Waals surface area (Å²) in [5.41, 5.74) is 8.69. The van der Waals surface area contributed by atoms with Gasteiger partial charge in [0.05, 0.1) is 12.1 Å². The zero-order chi connectivity index (χ0) is 31.5. The van der Waals surface area contributed by atoms with Crippen LogP contribution in [0.25, 0.3) is 43.9 Å². The molecular formula is C42H35NO3. The summed E-state index contributed by atoms with van der Waals surface area (Å²) in [6.07, 6.45) is 1.26. The summed E-state index contributed by atoms with van der Waals surface area (Å²) < 4.78 is 8.31. The number of carboxylic acid groups (broad SMARTS) is 1. The molecule has 1 heterocycles. The standard InChI is InChI=1S/C42H35NO3/c1-29-14-5-8-20-33(29)36-23-12-24-37-38(25-13-27-46-39-26-11-19-31-17-6-10-22-35(31)39)41(42(44)45)43(40(36)37)28-32-18-7-9-21-34(32)30-15-3-2-4-16-30/h2-12,14-24,26H,13,25,27-28H2,1H3,(H,44,45). The van der Waals surface area contributed by atoms with Gasteiger partial charge in [-0.15, -0.1) is 0 Å². The van der Waals surface area contributed by atoms with Crippen LogP contribution in [0.2, 0.25) is 0 Å². The lowest BCUT2D eigenvalue weighted by Crippen LogP contribution is -2.13. The quantitative estimate of drug-likeness (QED) is 0.159. The molecule has 0 aliphatic carbocycles. The highest BCUT2D eigenvalue weighted by Gasteiger charge is 2.25. The molecule has 0 aliphatic heterocycles. The summed E-state index contributed by atoms with van der Waals surface area (Å²) in [4.78, 5) is 13.2. The van der Waals surface area contributed by atoms with Crippen molar-refractivity contribution in [1.82, 2.24) is 4.57 Å². The number of aromatic nitrogens is 1. The van der Waals surface area contributed by atoms with E-state index in [-0.39, 0.29) is 0 Å². The first-order valence-electron chi connectivity index (χ1n) is 15.8. The third-order valence-electron chi connectivity index (χ3n) is 8.83. The summed E-state index contributed by atoms with van der Waals surface area (Å²) in [7, 11) is 0. The molecule has 0 spiro atoms. The Morgan fingerprint density at radius 2 is 1.33 bits per heavy atom. The van der Waals surface area contributed by atoms with Gasteiger partial charge in [-0.3, -0.25) is 0 Å². The normalized spacial score (nSPS) is 11.2. The molecule has 0 aliphatic rings. The van der Waals surface area contributed by atoms with E-state index in [9.17, 15) is 9.90 Å². The van der Waals surface area contributed by atoms with E-state index in [2.05, 4.69) is 73.7 Å². The van der Waals surface area contributed by atoms with Gasteiger partial charge in [-0.1, -0.05) is 133 Å². The molecule has 46 heavy (non-hydrogen) atoms. The van der Waals surface area contributed by atoms with E-state index in [0.717, 1.165) is 66.4 Å². The molecule has 0 fully saturated rings. The minimum atomic E-state index is -0.922. The van der Waals surface area contributed by atoms with E-state index in [0.29, 0.717) is 31.7 Å². The molecule has 0 saturated carbocycles. The Morgan fingerprint density at radius 3 is 2.15 bits per heavy atom. The van der Waals surface area contributed by atoms with Crippen LogP contribution in [0.15, 0.2) is 140 Å². The minimum absolute atomic E-state index is 0.337.